The lowest BCUT2D eigenvalue weighted by Gasteiger charge is -2.22. The molecule has 1 atom stereocenters. The molecule has 1 rings (SSSR count). The van der Waals surface area contributed by atoms with Crippen molar-refractivity contribution < 1.29 is 33.4 Å². The summed E-state index contributed by atoms with van der Waals surface area (Å²) in [5.74, 6) is -1.26. The molecule has 0 radical (unpaired) electrons. The number of hydrogen-bond acceptors (Lipinski definition) is 7. The maximum Gasteiger partial charge on any atom is 0.408 e. The van der Waals surface area contributed by atoms with Crippen LogP contribution in [0.5, 0.6) is 0 Å². The highest BCUT2D eigenvalue weighted by Crippen LogP contribution is 2.12. The van der Waals surface area contributed by atoms with Crippen LogP contribution in [0.1, 0.15) is 38.1 Å². The van der Waals surface area contributed by atoms with Crippen LogP contribution in [-0.2, 0) is 19.0 Å². The number of carbonyl (C=O) groups is 4. The number of urea groups is 1. The lowest BCUT2D eigenvalue weighted by molar-refractivity contribution is -0.142. The minimum atomic E-state index is -1.15. The van der Waals surface area contributed by atoms with Gasteiger partial charge in [0.05, 0.1) is 25.8 Å². The molecule has 0 unspecified atom stereocenters. The maximum absolute atomic E-state index is 12.1. The molecule has 3 amide bonds. The van der Waals surface area contributed by atoms with E-state index in [-0.39, 0.29) is 18.7 Å². The van der Waals surface area contributed by atoms with Crippen LogP contribution in [-0.4, -0.2) is 56.0 Å². The Balaban J connectivity index is 2.67. The predicted octanol–water partition coefficient (Wildman–Crippen LogP) is 2.05. The van der Waals surface area contributed by atoms with Gasteiger partial charge in [0.25, 0.3) is 0 Å². The lowest BCUT2D eigenvalue weighted by Crippen LogP contribution is -2.50. The van der Waals surface area contributed by atoms with E-state index in [4.69, 9.17) is 9.47 Å². The second kappa shape index (κ2) is 10.9. The van der Waals surface area contributed by atoms with Crippen molar-refractivity contribution in [3.63, 3.8) is 0 Å². The van der Waals surface area contributed by atoms with Crippen LogP contribution in [0.2, 0.25) is 0 Å². The van der Waals surface area contributed by atoms with Gasteiger partial charge >= 0.3 is 24.1 Å². The summed E-state index contributed by atoms with van der Waals surface area (Å²) in [6, 6.07) is 4.38. The number of benzene rings is 1. The number of carbonyl (C=O) groups excluding carboxylic acids is 4. The number of esters is 2. The minimum absolute atomic E-state index is 0.233. The van der Waals surface area contributed by atoms with Gasteiger partial charge in [-0.25, -0.2) is 19.2 Å². The topological polar surface area (TPSA) is 132 Å². The van der Waals surface area contributed by atoms with Crippen molar-refractivity contribution in [3.05, 3.63) is 29.8 Å². The first-order valence-electron chi connectivity index (χ1n) is 8.95. The molecular weight excluding hydrogens is 382 g/mol. The van der Waals surface area contributed by atoms with Gasteiger partial charge < -0.3 is 30.2 Å². The Morgan fingerprint density at radius 1 is 1.14 bits per heavy atom. The van der Waals surface area contributed by atoms with Crippen molar-refractivity contribution in [1.82, 2.24) is 10.6 Å². The van der Waals surface area contributed by atoms with Gasteiger partial charge in [0.2, 0.25) is 0 Å². The Morgan fingerprint density at radius 2 is 1.83 bits per heavy atom. The largest absolute Gasteiger partial charge is 0.467 e. The highest BCUT2D eigenvalue weighted by atomic mass is 16.6. The zero-order valence-corrected chi connectivity index (χ0v) is 17.2. The fraction of sp³-hybridized carbons (Fsp3) is 0.474. The number of amides is 3. The van der Waals surface area contributed by atoms with E-state index in [1.54, 1.807) is 45.9 Å². The first kappa shape index (κ1) is 23.7. The van der Waals surface area contributed by atoms with Crippen molar-refractivity contribution in [1.29, 1.82) is 0 Å². The number of alkyl carbamates (subject to hydrolysis) is 1. The Hall–Kier alpha value is -3.30. The van der Waals surface area contributed by atoms with E-state index in [1.807, 2.05) is 0 Å². The highest BCUT2D eigenvalue weighted by Gasteiger charge is 2.25. The van der Waals surface area contributed by atoms with Crippen LogP contribution in [0, 0.1) is 0 Å². The van der Waals surface area contributed by atoms with Crippen LogP contribution in [0.15, 0.2) is 24.3 Å². The SMILES string of the molecule is CCOC(=O)c1cccc(NC(=O)NC[C@H](NC(=O)OC(C)(C)C)C(=O)OC)c1. The second-order valence-electron chi connectivity index (χ2n) is 6.86. The van der Waals surface area contributed by atoms with Gasteiger partial charge in [0.1, 0.15) is 11.6 Å². The molecule has 0 saturated carbocycles. The monoisotopic (exact) mass is 409 g/mol. The fourth-order valence-corrected chi connectivity index (χ4v) is 2.09. The third kappa shape index (κ3) is 8.96. The lowest BCUT2D eigenvalue weighted by atomic mass is 10.2. The Morgan fingerprint density at radius 3 is 2.41 bits per heavy atom. The third-order valence-electron chi connectivity index (χ3n) is 3.27. The van der Waals surface area contributed by atoms with E-state index in [9.17, 15) is 19.2 Å². The molecule has 1 aromatic rings. The molecule has 0 saturated heterocycles. The number of rotatable bonds is 7. The van der Waals surface area contributed by atoms with Crippen molar-refractivity contribution in [2.45, 2.75) is 39.3 Å². The normalized spacial score (nSPS) is 11.6. The second-order valence-corrected chi connectivity index (χ2v) is 6.86. The molecule has 160 valence electrons. The Bertz CT molecular complexity index is 744. The van der Waals surface area contributed by atoms with Gasteiger partial charge in [-0.1, -0.05) is 6.07 Å². The van der Waals surface area contributed by atoms with E-state index in [2.05, 4.69) is 20.7 Å². The van der Waals surface area contributed by atoms with Gasteiger partial charge in [0.15, 0.2) is 0 Å². The number of hydrogen-bond donors (Lipinski definition) is 3. The molecule has 0 aliphatic rings. The van der Waals surface area contributed by atoms with Gasteiger partial charge in [-0.3, -0.25) is 0 Å². The third-order valence-corrected chi connectivity index (χ3v) is 3.27. The van der Waals surface area contributed by atoms with Crippen molar-refractivity contribution >= 4 is 29.8 Å². The van der Waals surface area contributed by atoms with Crippen LogP contribution in [0.4, 0.5) is 15.3 Å². The zero-order chi connectivity index (χ0) is 22.0. The summed E-state index contributed by atoms with van der Waals surface area (Å²) in [6.07, 6.45) is -0.822. The van der Waals surface area contributed by atoms with E-state index in [0.717, 1.165) is 7.11 Å². The highest BCUT2D eigenvalue weighted by molar-refractivity contribution is 5.94. The molecule has 10 nitrogen and oxygen atoms in total. The molecule has 0 aliphatic carbocycles. The molecule has 0 fully saturated rings. The number of methoxy groups -OCH3 is 1. The van der Waals surface area contributed by atoms with E-state index >= 15 is 0 Å². The van der Waals surface area contributed by atoms with Gasteiger partial charge in [0, 0.05) is 5.69 Å². The van der Waals surface area contributed by atoms with Crippen LogP contribution in [0.25, 0.3) is 0 Å². The molecule has 1 aromatic carbocycles. The molecule has 29 heavy (non-hydrogen) atoms. The van der Waals surface area contributed by atoms with Crippen LogP contribution >= 0.6 is 0 Å². The maximum atomic E-state index is 12.1. The summed E-state index contributed by atoms with van der Waals surface area (Å²) in [5.41, 5.74) is -0.120. The van der Waals surface area contributed by atoms with Crippen molar-refractivity contribution in [3.8, 4) is 0 Å². The first-order chi connectivity index (χ1) is 13.6. The smallest absolute Gasteiger partial charge is 0.408 e. The Labute approximate surface area is 169 Å². The van der Waals surface area contributed by atoms with Crippen molar-refractivity contribution in [2.75, 3.05) is 25.6 Å². The summed E-state index contributed by atoms with van der Waals surface area (Å²) < 4.78 is 14.6. The van der Waals surface area contributed by atoms with Crippen LogP contribution in [0.3, 0.4) is 0 Å². The van der Waals surface area contributed by atoms with Crippen molar-refractivity contribution in [2.24, 2.45) is 0 Å². The predicted molar refractivity (Wildman–Crippen MR) is 105 cm³/mol. The number of nitrogens with one attached hydrogen (secondary N) is 3. The molecular formula is C19H27N3O7. The van der Waals surface area contributed by atoms with Gasteiger partial charge in [-0.05, 0) is 45.9 Å². The zero-order valence-electron chi connectivity index (χ0n) is 17.2. The van der Waals surface area contributed by atoms with E-state index in [1.165, 1.54) is 6.07 Å². The quantitative estimate of drug-likeness (QED) is 0.464. The molecule has 0 heterocycles. The summed E-state index contributed by atoms with van der Waals surface area (Å²) in [4.78, 5) is 47.6. The average Bonchev–Trinajstić information content (AvgIpc) is 2.63. The number of anilines is 1. The summed E-state index contributed by atoms with van der Waals surface area (Å²) in [7, 11) is 1.16. The fourth-order valence-electron chi connectivity index (χ4n) is 2.09. The van der Waals surface area contributed by atoms with Gasteiger partial charge in [-0.2, -0.15) is 0 Å². The summed E-state index contributed by atoms with van der Waals surface area (Å²) in [5, 5.41) is 7.32. The minimum Gasteiger partial charge on any atom is -0.467 e. The van der Waals surface area contributed by atoms with E-state index < -0.39 is 35.7 Å². The molecule has 10 heteroatoms. The number of ether oxygens (including phenoxy) is 3. The summed E-state index contributed by atoms with van der Waals surface area (Å²) in [6.45, 7) is 6.71. The molecule has 3 N–H and O–H groups in total. The van der Waals surface area contributed by atoms with E-state index in [0.29, 0.717) is 5.69 Å². The van der Waals surface area contributed by atoms with Crippen LogP contribution < -0.4 is 16.0 Å². The summed E-state index contributed by atoms with van der Waals surface area (Å²) >= 11 is 0. The average molecular weight is 409 g/mol. The Kier molecular flexibility index (Phi) is 8.91. The standard InChI is InChI=1S/C19H27N3O7/c1-6-28-15(23)12-8-7-9-13(10-12)21-17(25)20-11-14(16(24)27-5)22-18(26)29-19(2,3)4/h7-10,14H,6,11H2,1-5H3,(H,22,26)(H2,20,21,25)/t14-/m0/s1. The molecule has 0 aliphatic heterocycles. The van der Waals surface area contributed by atoms with Gasteiger partial charge in [-0.15, -0.1) is 0 Å². The molecule has 0 aromatic heterocycles. The first-order valence-corrected chi connectivity index (χ1v) is 8.95. The molecule has 0 bridgehead atoms. The molecule has 0 spiro atoms.